The molecule has 1 aliphatic heterocycles. The van der Waals surface area contributed by atoms with Crippen LogP contribution in [0.1, 0.15) is 10.4 Å². The summed E-state index contributed by atoms with van der Waals surface area (Å²) in [6.45, 7) is 0. The lowest BCUT2D eigenvalue weighted by molar-refractivity contribution is -0.255. The van der Waals surface area contributed by atoms with Crippen LogP contribution in [0.25, 0.3) is 0 Å². The van der Waals surface area contributed by atoms with Crippen LogP contribution in [0.15, 0.2) is 53.2 Å². The van der Waals surface area contributed by atoms with Crippen LogP contribution in [0.4, 0.5) is 11.4 Å². The molecule has 3 rings (SSSR count). The van der Waals surface area contributed by atoms with E-state index in [1.54, 1.807) is 0 Å². The van der Waals surface area contributed by atoms with Crippen LogP contribution >= 0.6 is 34.8 Å². The van der Waals surface area contributed by atoms with Gasteiger partial charge in [0.25, 0.3) is 11.8 Å². The average Bonchev–Trinajstić information content (AvgIpc) is 2.78. The molecule has 0 radical (unpaired) electrons. The Morgan fingerprint density at radius 1 is 0.962 bits per heavy atom. The first kappa shape index (κ1) is 18.3. The minimum atomic E-state index is -1.38. The number of hydrogen-bond donors (Lipinski definition) is 1. The van der Waals surface area contributed by atoms with Crippen LogP contribution in [-0.4, -0.2) is 17.8 Å². The Hall–Kier alpha value is -2.54. The van der Waals surface area contributed by atoms with Crippen LogP contribution in [0.2, 0.25) is 10.0 Å². The van der Waals surface area contributed by atoms with Crippen LogP contribution in [0.3, 0.4) is 0 Å². The number of carboxylic acids is 1. The molecule has 1 heterocycles. The topological polar surface area (TPSA) is 89.5 Å². The minimum Gasteiger partial charge on any atom is -0.545 e. The number of amides is 2. The average molecular weight is 411 g/mol. The van der Waals surface area contributed by atoms with Gasteiger partial charge in [0.2, 0.25) is 0 Å². The molecule has 0 aliphatic carbocycles. The summed E-state index contributed by atoms with van der Waals surface area (Å²) >= 11 is 17.8. The van der Waals surface area contributed by atoms with E-state index in [2.05, 4.69) is 5.32 Å². The van der Waals surface area contributed by atoms with Crippen molar-refractivity contribution in [3.63, 3.8) is 0 Å². The van der Waals surface area contributed by atoms with Gasteiger partial charge in [-0.25, -0.2) is 4.90 Å². The first-order valence-electron chi connectivity index (χ1n) is 7.11. The number of hydrogen-bond acceptors (Lipinski definition) is 5. The van der Waals surface area contributed by atoms with Crippen molar-refractivity contribution in [3.8, 4) is 0 Å². The van der Waals surface area contributed by atoms with Gasteiger partial charge in [0.05, 0.1) is 11.7 Å². The van der Waals surface area contributed by atoms with Gasteiger partial charge in [-0.15, -0.1) is 0 Å². The van der Waals surface area contributed by atoms with Crippen molar-refractivity contribution in [2.45, 2.75) is 0 Å². The largest absolute Gasteiger partial charge is 0.545 e. The molecule has 0 fully saturated rings. The highest BCUT2D eigenvalue weighted by molar-refractivity contribution is 6.53. The summed E-state index contributed by atoms with van der Waals surface area (Å²) in [5, 5.41) is 13.8. The lowest BCUT2D eigenvalue weighted by Gasteiger charge is -2.16. The fraction of sp³-hybridized carbons (Fsp3) is 0. The Bertz CT molecular complexity index is 967. The van der Waals surface area contributed by atoms with Gasteiger partial charge < -0.3 is 15.2 Å². The zero-order valence-corrected chi connectivity index (χ0v) is 15.0. The fourth-order valence-electron chi connectivity index (χ4n) is 2.38. The van der Waals surface area contributed by atoms with Crippen molar-refractivity contribution in [1.82, 2.24) is 0 Å². The van der Waals surface area contributed by atoms with E-state index < -0.39 is 17.8 Å². The van der Waals surface area contributed by atoms with E-state index in [-0.39, 0.29) is 37.7 Å². The third-order valence-corrected chi connectivity index (χ3v) is 4.29. The van der Waals surface area contributed by atoms with E-state index in [0.717, 1.165) is 4.90 Å². The molecule has 1 N–H and O–H groups in total. The standard InChI is InChI=1S/C17H9Cl3N2O4/c18-9-5-10(19)7-12(6-9)22-15(23)13(20)14(16(22)24)21-11-3-1-2-8(4-11)17(25)26/h1-7,21H,(H,25,26)/p-1. The third kappa shape index (κ3) is 3.39. The summed E-state index contributed by atoms with van der Waals surface area (Å²) < 4.78 is 0. The Morgan fingerprint density at radius 3 is 2.23 bits per heavy atom. The number of halogens is 3. The first-order chi connectivity index (χ1) is 12.3. The summed E-state index contributed by atoms with van der Waals surface area (Å²) in [5.74, 6) is -2.86. The summed E-state index contributed by atoms with van der Waals surface area (Å²) in [6, 6.07) is 9.80. The van der Waals surface area contributed by atoms with Crippen molar-refractivity contribution in [3.05, 3.63) is 68.8 Å². The molecule has 0 bridgehead atoms. The maximum Gasteiger partial charge on any atom is 0.283 e. The lowest BCUT2D eigenvalue weighted by atomic mass is 10.2. The first-order valence-corrected chi connectivity index (χ1v) is 8.24. The van der Waals surface area contributed by atoms with E-state index in [1.165, 1.54) is 42.5 Å². The number of nitrogens with one attached hydrogen (secondary N) is 1. The molecule has 2 aromatic rings. The van der Waals surface area contributed by atoms with Gasteiger partial charge in [0, 0.05) is 15.7 Å². The van der Waals surface area contributed by atoms with Crippen LogP contribution in [0, 0.1) is 0 Å². The van der Waals surface area contributed by atoms with Gasteiger partial charge in [-0.1, -0.05) is 46.9 Å². The molecular weight excluding hydrogens is 403 g/mol. The van der Waals surface area contributed by atoms with Gasteiger partial charge in [0.1, 0.15) is 10.7 Å². The van der Waals surface area contributed by atoms with Crippen LogP contribution in [0.5, 0.6) is 0 Å². The number of aromatic carboxylic acids is 1. The van der Waals surface area contributed by atoms with Crippen molar-refractivity contribution >= 4 is 64.0 Å². The Morgan fingerprint density at radius 2 is 1.62 bits per heavy atom. The van der Waals surface area contributed by atoms with Gasteiger partial charge >= 0.3 is 0 Å². The normalized spacial score (nSPS) is 14.2. The summed E-state index contributed by atoms with van der Waals surface area (Å²) in [4.78, 5) is 36.8. The second kappa shape index (κ2) is 6.99. The number of carbonyl (C=O) groups excluding carboxylic acids is 3. The molecule has 0 aromatic heterocycles. The highest BCUT2D eigenvalue weighted by Gasteiger charge is 2.39. The number of anilines is 2. The van der Waals surface area contributed by atoms with Crippen molar-refractivity contribution in [2.75, 3.05) is 10.2 Å². The summed E-state index contributed by atoms with van der Waals surface area (Å²) in [7, 11) is 0. The molecule has 2 amide bonds. The van der Waals surface area contributed by atoms with Crippen LogP contribution in [-0.2, 0) is 9.59 Å². The van der Waals surface area contributed by atoms with Gasteiger partial charge in [-0.2, -0.15) is 0 Å². The van der Waals surface area contributed by atoms with Gasteiger partial charge in [-0.3, -0.25) is 9.59 Å². The minimum absolute atomic E-state index is 0.0954. The molecule has 26 heavy (non-hydrogen) atoms. The van der Waals surface area contributed by atoms with E-state index in [4.69, 9.17) is 34.8 Å². The van der Waals surface area contributed by atoms with E-state index in [0.29, 0.717) is 0 Å². The molecule has 9 heteroatoms. The van der Waals surface area contributed by atoms with Crippen molar-refractivity contribution < 1.29 is 19.5 Å². The molecular formula is C17H8Cl3N2O4-. The predicted octanol–water partition coefficient (Wildman–Crippen LogP) is 2.79. The Labute approximate surface area is 162 Å². The van der Waals surface area contributed by atoms with Crippen LogP contribution < -0.4 is 15.3 Å². The molecule has 0 saturated heterocycles. The number of benzene rings is 2. The smallest absolute Gasteiger partial charge is 0.283 e. The lowest BCUT2D eigenvalue weighted by Crippen LogP contribution is -2.32. The maximum absolute atomic E-state index is 12.7. The molecule has 6 nitrogen and oxygen atoms in total. The third-order valence-electron chi connectivity index (χ3n) is 3.50. The molecule has 2 aromatic carbocycles. The molecule has 132 valence electrons. The Kier molecular flexibility index (Phi) is 4.91. The van der Waals surface area contributed by atoms with E-state index >= 15 is 0 Å². The zero-order valence-electron chi connectivity index (χ0n) is 12.8. The summed E-state index contributed by atoms with van der Waals surface area (Å²) in [5.41, 5.74) is 0.133. The quantitative estimate of drug-likeness (QED) is 0.783. The highest BCUT2D eigenvalue weighted by Crippen LogP contribution is 2.33. The monoisotopic (exact) mass is 409 g/mol. The number of carboxylic acid groups (broad SMARTS) is 1. The second-order valence-corrected chi connectivity index (χ2v) is 6.51. The number of nitrogens with zero attached hydrogens (tertiary/aromatic N) is 1. The highest BCUT2D eigenvalue weighted by atomic mass is 35.5. The number of rotatable bonds is 4. The second-order valence-electron chi connectivity index (χ2n) is 5.26. The fourth-order valence-corrected chi connectivity index (χ4v) is 3.11. The molecule has 0 unspecified atom stereocenters. The molecule has 0 saturated carbocycles. The molecule has 1 aliphatic rings. The molecule has 0 atom stereocenters. The zero-order chi connectivity index (χ0) is 19.0. The summed E-state index contributed by atoms with van der Waals surface area (Å²) in [6.07, 6.45) is 0. The molecule has 0 spiro atoms. The number of carbonyl (C=O) groups is 3. The predicted molar refractivity (Wildman–Crippen MR) is 96.2 cm³/mol. The van der Waals surface area contributed by atoms with E-state index in [9.17, 15) is 19.5 Å². The van der Waals surface area contributed by atoms with Gasteiger partial charge in [-0.05, 0) is 35.9 Å². The Balaban J connectivity index is 1.94. The number of imide groups is 1. The van der Waals surface area contributed by atoms with Crippen molar-refractivity contribution in [1.29, 1.82) is 0 Å². The van der Waals surface area contributed by atoms with Gasteiger partial charge in [0.15, 0.2) is 0 Å². The maximum atomic E-state index is 12.7. The van der Waals surface area contributed by atoms with E-state index in [1.807, 2.05) is 0 Å². The van der Waals surface area contributed by atoms with Crippen molar-refractivity contribution in [2.24, 2.45) is 0 Å². The SMILES string of the molecule is O=C([O-])c1cccc(NC2=C(Cl)C(=O)N(c3cc(Cl)cc(Cl)c3)C2=O)c1.